The zero-order chi connectivity index (χ0) is 21.7. The van der Waals surface area contributed by atoms with Gasteiger partial charge in [-0.3, -0.25) is 14.2 Å². The van der Waals surface area contributed by atoms with E-state index < -0.39 is 0 Å². The maximum atomic E-state index is 13.2. The van der Waals surface area contributed by atoms with Crippen LogP contribution in [0.25, 0.3) is 16.6 Å². The fourth-order valence-electron chi connectivity index (χ4n) is 3.02. The molecular formula is C23H25N3O4. The first-order valence-corrected chi connectivity index (χ1v) is 9.71. The third kappa shape index (κ3) is 4.75. The summed E-state index contributed by atoms with van der Waals surface area (Å²) in [7, 11) is 0. The molecule has 0 spiro atoms. The van der Waals surface area contributed by atoms with Crippen LogP contribution in [0, 0.1) is 6.92 Å². The van der Waals surface area contributed by atoms with Crippen molar-refractivity contribution in [3.05, 3.63) is 76.4 Å². The standard InChI is InChI=1S/C23H25N3O4/c1-15(2)14-30-19-9-10-21-20(13-19)23(29)26(16(3)25-21)18-7-5-17(6-8-18)22(28)24-11-4-12-27/h5-10,13,27H,1,4,11-12,14H2,2-3H3,(H,24,28). The van der Waals surface area contributed by atoms with E-state index in [1.807, 2.05) is 6.92 Å². The highest BCUT2D eigenvalue weighted by Crippen LogP contribution is 2.19. The maximum absolute atomic E-state index is 13.2. The van der Waals surface area contributed by atoms with Crippen LogP contribution in [0.5, 0.6) is 5.75 Å². The molecule has 1 amide bonds. The van der Waals surface area contributed by atoms with Gasteiger partial charge in [0.15, 0.2) is 0 Å². The van der Waals surface area contributed by atoms with Crippen LogP contribution in [0.3, 0.4) is 0 Å². The lowest BCUT2D eigenvalue weighted by Crippen LogP contribution is -2.25. The average Bonchev–Trinajstić information content (AvgIpc) is 2.73. The summed E-state index contributed by atoms with van der Waals surface area (Å²) < 4.78 is 7.17. The topological polar surface area (TPSA) is 93.5 Å². The highest BCUT2D eigenvalue weighted by Gasteiger charge is 2.12. The van der Waals surface area contributed by atoms with Gasteiger partial charge in [0.05, 0.1) is 16.6 Å². The summed E-state index contributed by atoms with van der Waals surface area (Å²) >= 11 is 0. The Morgan fingerprint density at radius 3 is 2.63 bits per heavy atom. The number of aliphatic hydroxyl groups is 1. The number of fused-ring (bicyclic) bond motifs is 1. The van der Waals surface area contributed by atoms with Crippen molar-refractivity contribution in [3.63, 3.8) is 0 Å². The highest BCUT2D eigenvalue weighted by atomic mass is 16.5. The van der Waals surface area contributed by atoms with Crippen molar-refractivity contribution in [1.29, 1.82) is 0 Å². The number of amides is 1. The van der Waals surface area contributed by atoms with E-state index in [0.717, 1.165) is 5.57 Å². The molecule has 0 saturated heterocycles. The van der Waals surface area contributed by atoms with E-state index in [9.17, 15) is 9.59 Å². The zero-order valence-electron chi connectivity index (χ0n) is 17.1. The number of carbonyl (C=O) groups excluding carboxylic acids is 1. The lowest BCUT2D eigenvalue weighted by Gasteiger charge is -2.13. The highest BCUT2D eigenvalue weighted by molar-refractivity contribution is 5.94. The van der Waals surface area contributed by atoms with Crippen LogP contribution < -0.4 is 15.6 Å². The lowest BCUT2D eigenvalue weighted by atomic mass is 10.1. The van der Waals surface area contributed by atoms with Crippen molar-refractivity contribution in [2.75, 3.05) is 19.8 Å². The van der Waals surface area contributed by atoms with Gasteiger partial charge in [-0.05, 0) is 68.3 Å². The number of ether oxygens (including phenoxy) is 1. The second kappa shape index (κ2) is 9.37. The molecule has 0 saturated carbocycles. The Morgan fingerprint density at radius 1 is 1.23 bits per heavy atom. The first-order valence-electron chi connectivity index (χ1n) is 9.71. The van der Waals surface area contributed by atoms with Gasteiger partial charge in [0.25, 0.3) is 11.5 Å². The van der Waals surface area contributed by atoms with Crippen LogP contribution in [0.15, 0.2) is 59.4 Å². The van der Waals surface area contributed by atoms with Gasteiger partial charge in [-0.1, -0.05) is 6.58 Å². The van der Waals surface area contributed by atoms with Crippen molar-refractivity contribution < 1.29 is 14.6 Å². The number of nitrogens with one attached hydrogen (secondary N) is 1. The largest absolute Gasteiger partial charge is 0.489 e. The minimum absolute atomic E-state index is 0.0241. The molecule has 156 valence electrons. The Balaban J connectivity index is 1.93. The molecule has 1 aromatic heterocycles. The number of hydrogen-bond acceptors (Lipinski definition) is 5. The van der Waals surface area contributed by atoms with Crippen molar-refractivity contribution in [3.8, 4) is 11.4 Å². The normalized spacial score (nSPS) is 10.8. The van der Waals surface area contributed by atoms with Crippen molar-refractivity contribution in [2.24, 2.45) is 0 Å². The maximum Gasteiger partial charge on any atom is 0.266 e. The minimum atomic E-state index is -0.227. The molecule has 0 atom stereocenters. The SMILES string of the molecule is C=C(C)COc1ccc2nc(C)n(-c3ccc(C(=O)NCCCO)cc3)c(=O)c2c1. The average molecular weight is 407 g/mol. The Kier molecular flexibility index (Phi) is 6.64. The zero-order valence-corrected chi connectivity index (χ0v) is 17.1. The van der Waals surface area contributed by atoms with Crippen molar-refractivity contribution >= 4 is 16.8 Å². The third-order valence-corrected chi connectivity index (χ3v) is 4.50. The second-order valence-corrected chi connectivity index (χ2v) is 7.10. The fourth-order valence-corrected chi connectivity index (χ4v) is 3.02. The van der Waals surface area contributed by atoms with Gasteiger partial charge in [-0.2, -0.15) is 0 Å². The quantitative estimate of drug-likeness (QED) is 0.442. The molecule has 0 aliphatic rings. The van der Waals surface area contributed by atoms with Gasteiger partial charge in [0, 0.05) is 18.7 Å². The van der Waals surface area contributed by atoms with E-state index in [2.05, 4.69) is 16.9 Å². The van der Waals surface area contributed by atoms with Crippen LogP contribution in [-0.4, -0.2) is 40.3 Å². The predicted molar refractivity (Wildman–Crippen MR) is 116 cm³/mol. The van der Waals surface area contributed by atoms with Gasteiger partial charge in [0.2, 0.25) is 0 Å². The molecule has 3 rings (SSSR count). The molecule has 30 heavy (non-hydrogen) atoms. The van der Waals surface area contributed by atoms with Crippen LogP contribution in [-0.2, 0) is 0 Å². The van der Waals surface area contributed by atoms with Gasteiger partial charge in [-0.15, -0.1) is 0 Å². The summed E-state index contributed by atoms with van der Waals surface area (Å²) in [5, 5.41) is 12.0. The molecule has 1 heterocycles. The number of benzene rings is 2. The third-order valence-electron chi connectivity index (χ3n) is 4.50. The molecule has 3 aromatic rings. The van der Waals surface area contributed by atoms with E-state index in [1.165, 1.54) is 4.57 Å². The molecule has 7 heteroatoms. The molecule has 7 nitrogen and oxygen atoms in total. The number of carbonyl (C=O) groups is 1. The smallest absolute Gasteiger partial charge is 0.266 e. The van der Waals surface area contributed by atoms with Crippen LogP contribution in [0.2, 0.25) is 0 Å². The van der Waals surface area contributed by atoms with Crippen molar-refractivity contribution in [1.82, 2.24) is 14.9 Å². The number of aromatic nitrogens is 2. The summed E-state index contributed by atoms with van der Waals surface area (Å²) in [4.78, 5) is 29.9. The second-order valence-electron chi connectivity index (χ2n) is 7.10. The number of aliphatic hydroxyl groups excluding tert-OH is 1. The monoisotopic (exact) mass is 407 g/mol. The molecule has 2 aromatic carbocycles. The van der Waals surface area contributed by atoms with Gasteiger partial charge < -0.3 is 15.2 Å². The summed E-state index contributed by atoms with van der Waals surface area (Å²) in [6, 6.07) is 12.0. The van der Waals surface area contributed by atoms with Crippen LogP contribution in [0.4, 0.5) is 0 Å². The van der Waals surface area contributed by atoms with E-state index in [-0.39, 0.29) is 18.1 Å². The molecule has 2 N–H and O–H groups in total. The van der Waals surface area contributed by atoms with Crippen LogP contribution in [0.1, 0.15) is 29.5 Å². The summed E-state index contributed by atoms with van der Waals surface area (Å²) in [6.45, 7) is 8.25. The molecule has 0 aliphatic carbocycles. The molecule has 0 bridgehead atoms. The number of hydrogen-bond donors (Lipinski definition) is 2. The number of nitrogens with zero attached hydrogens (tertiary/aromatic N) is 2. The van der Waals surface area contributed by atoms with Gasteiger partial charge in [0.1, 0.15) is 18.2 Å². The Morgan fingerprint density at radius 2 is 1.97 bits per heavy atom. The Hall–Kier alpha value is -3.45. The molecule has 0 fully saturated rings. The minimum Gasteiger partial charge on any atom is -0.489 e. The van der Waals surface area contributed by atoms with Crippen molar-refractivity contribution in [2.45, 2.75) is 20.3 Å². The van der Waals surface area contributed by atoms with E-state index >= 15 is 0 Å². The van der Waals surface area contributed by atoms with E-state index in [0.29, 0.717) is 53.3 Å². The predicted octanol–water partition coefficient (Wildman–Crippen LogP) is 2.76. The van der Waals surface area contributed by atoms with E-state index in [4.69, 9.17) is 9.84 Å². The number of rotatable bonds is 8. The summed E-state index contributed by atoms with van der Waals surface area (Å²) in [6.07, 6.45) is 0.499. The Labute approximate surface area is 174 Å². The molecule has 0 unspecified atom stereocenters. The molecular weight excluding hydrogens is 382 g/mol. The first kappa shape index (κ1) is 21.3. The van der Waals surface area contributed by atoms with Gasteiger partial charge in [-0.25, -0.2) is 4.98 Å². The van der Waals surface area contributed by atoms with E-state index in [1.54, 1.807) is 49.4 Å². The summed E-state index contributed by atoms with van der Waals surface area (Å²) in [5.41, 5.74) is 2.36. The van der Waals surface area contributed by atoms with Gasteiger partial charge >= 0.3 is 0 Å². The Bertz CT molecular complexity index is 1130. The first-order chi connectivity index (χ1) is 14.4. The fraction of sp³-hybridized carbons (Fsp3) is 0.261. The molecule has 0 aliphatic heterocycles. The summed E-state index contributed by atoms with van der Waals surface area (Å²) in [5.74, 6) is 0.896. The van der Waals surface area contributed by atoms with Crippen LogP contribution >= 0.6 is 0 Å². The lowest BCUT2D eigenvalue weighted by molar-refractivity contribution is 0.0951. The number of aryl methyl sites for hydroxylation is 1. The molecule has 0 radical (unpaired) electrons.